The Morgan fingerprint density at radius 3 is 1.80 bits per heavy atom. The number of nitro benzene ring substituents is 1. The lowest BCUT2D eigenvalue weighted by Gasteiger charge is -2.05. The first-order valence-corrected chi connectivity index (χ1v) is 6.99. The third kappa shape index (κ3) is 2.60. The molecule has 0 aliphatic heterocycles. The molecule has 0 unspecified atom stereocenters. The van der Waals surface area contributed by atoms with Gasteiger partial charge in [0, 0.05) is 17.8 Å². The lowest BCUT2D eigenvalue weighted by molar-refractivity contribution is -0.384. The normalized spacial score (nSPS) is 11.1. The van der Waals surface area contributed by atoms with Crippen molar-refractivity contribution in [2.45, 2.75) is 9.79 Å². The van der Waals surface area contributed by atoms with E-state index >= 15 is 0 Å². The molecule has 0 saturated heterocycles. The first kappa shape index (κ1) is 14.0. The standard InChI is InChI=1S/C12H11N3O4S/c13-14-9-1-5-11(6-2-9)20(18,19)12-7-3-10(4-8-12)15(16)17/h1-8,14H,13H2. The minimum absolute atomic E-state index is 0.00319. The maximum Gasteiger partial charge on any atom is 0.269 e. The minimum Gasteiger partial charge on any atom is -0.324 e. The molecule has 2 aromatic carbocycles. The van der Waals surface area contributed by atoms with Gasteiger partial charge in [0.1, 0.15) is 0 Å². The Morgan fingerprint density at radius 2 is 1.40 bits per heavy atom. The molecule has 0 fully saturated rings. The summed E-state index contributed by atoms with van der Waals surface area (Å²) in [4.78, 5) is 10.0. The van der Waals surface area contributed by atoms with E-state index < -0.39 is 14.8 Å². The van der Waals surface area contributed by atoms with E-state index in [0.717, 1.165) is 12.1 Å². The Bertz CT molecular complexity index is 724. The molecule has 0 saturated carbocycles. The summed E-state index contributed by atoms with van der Waals surface area (Å²) in [6.45, 7) is 0. The van der Waals surface area contributed by atoms with Crippen molar-refractivity contribution < 1.29 is 13.3 Å². The molecule has 0 spiro atoms. The number of hydrogen-bond donors (Lipinski definition) is 2. The number of hydrazine groups is 1. The molecule has 0 aromatic heterocycles. The van der Waals surface area contributed by atoms with E-state index in [1.807, 2.05) is 0 Å². The summed E-state index contributed by atoms with van der Waals surface area (Å²) in [7, 11) is -3.70. The second-order valence-electron chi connectivity index (χ2n) is 3.92. The van der Waals surface area contributed by atoms with Crippen LogP contribution in [-0.2, 0) is 9.84 Å². The van der Waals surface area contributed by atoms with Crippen LogP contribution in [0, 0.1) is 10.1 Å². The number of nitrogens with zero attached hydrogens (tertiary/aromatic N) is 1. The molecule has 0 heterocycles. The molecule has 20 heavy (non-hydrogen) atoms. The zero-order chi connectivity index (χ0) is 14.8. The second kappa shape index (κ2) is 5.27. The molecule has 7 nitrogen and oxygen atoms in total. The van der Waals surface area contributed by atoms with E-state index in [9.17, 15) is 18.5 Å². The van der Waals surface area contributed by atoms with Gasteiger partial charge >= 0.3 is 0 Å². The Morgan fingerprint density at radius 1 is 0.950 bits per heavy atom. The number of nitro groups is 1. The summed E-state index contributed by atoms with van der Waals surface area (Å²) in [5, 5.41) is 10.5. The van der Waals surface area contributed by atoms with E-state index in [-0.39, 0.29) is 15.5 Å². The van der Waals surface area contributed by atoms with Gasteiger partial charge < -0.3 is 5.43 Å². The van der Waals surface area contributed by atoms with Crippen LogP contribution in [0.2, 0.25) is 0 Å². The SMILES string of the molecule is NNc1ccc(S(=O)(=O)c2ccc([N+](=O)[O-])cc2)cc1. The Balaban J connectivity index is 2.40. The number of nitrogens with two attached hydrogens (primary N) is 1. The van der Waals surface area contributed by atoms with Gasteiger partial charge in [-0.15, -0.1) is 0 Å². The average Bonchev–Trinajstić information content (AvgIpc) is 2.47. The van der Waals surface area contributed by atoms with Gasteiger partial charge in [-0.05, 0) is 36.4 Å². The molecule has 0 bridgehead atoms. The van der Waals surface area contributed by atoms with Crippen LogP contribution in [0.4, 0.5) is 11.4 Å². The number of anilines is 1. The van der Waals surface area contributed by atoms with Crippen LogP contribution in [-0.4, -0.2) is 13.3 Å². The van der Waals surface area contributed by atoms with Crippen LogP contribution in [0.25, 0.3) is 0 Å². The molecule has 3 N–H and O–H groups in total. The van der Waals surface area contributed by atoms with Gasteiger partial charge in [-0.1, -0.05) is 0 Å². The van der Waals surface area contributed by atoms with E-state index in [4.69, 9.17) is 5.84 Å². The lowest BCUT2D eigenvalue weighted by Crippen LogP contribution is -2.07. The summed E-state index contributed by atoms with van der Waals surface area (Å²) in [6, 6.07) is 10.6. The maximum atomic E-state index is 12.3. The molecule has 0 aliphatic carbocycles. The van der Waals surface area contributed by atoms with E-state index in [1.165, 1.54) is 36.4 Å². The number of benzene rings is 2. The van der Waals surface area contributed by atoms with E-state index in [0.29, 0.717) is 5.69 Å². The fourth-order valence-corrected chi connectivity index (χ4v) is 2.87. The third-order valence-corrected chi connectivity index (χ3v) is 4.47. The van der Waals surface area contributed by atoms with Crippen molar-refractivity contribution in [3.63, 3.8) is 0 Å². The molecule has 0 atom stereocenters. The number of nitrogen functional groups attached to an aromatic ring is 1. The molecule has 0 amide bonds. The summed E-state index contributed by atoms with van der Waals surface area (Å²) in [5.74, 6) is 5.20. The molecule has 0 aliphatic rings. The van der Waals surface area contributed by atoms with Crippen molar-refractivity contribution >= 4 is 21.2 Å². The Labute approximate surface area is 115 Å². The molecule has 104 valence electrons. The number of hydrogen-bond acceptors (Lipinski definition) is 6. The third-order valence-electron chi connectivity index (χ3n) is 2.69. The van der Waals surface area contributed by atoms with Gasteiger partial charge in [-0.25, -0.2) is 8.42 Å². The molecular formula is C12H11N3O4S. The predicted molar refractivity (Wildman–Crippen MR) is 72.8 cm³/mol. The smallest absolute Gasteiger partial charge is 0.269 e. The van der Waals surface area contributed by atoms with Crippen LogP contribution in [0.5, 0.6) is 0 Å². The van der Waals surface area contributed by atoms with Crippen LogP contribution < -0.4 is 11.3 Å². The van der Waals surface area contributed by atoms with Crippen molar-refractivity contribution in [3.8, 4) is 0 Å². The van der Waals surface area contributed by atoms with Crippen molar-refractivity contribution in [1.82, 2.24) is 0 Å². The van der Waals surface area contributed by atoms with Crippen molar-refractivity contribution in [2.75, 3.05) is 5.43 Å². The van der Waals surface area contributed by atoms with Gasteiger partial charge in [-0.3, -0.25) is 16.0 Å². The summed E-state index contributed by atoms with van der Waals surface area (Å²) >= 11 is 0. The van der Waals surface area contributed by atoms with Gasteiger partial charge in [-0.2, -0.15) is 0 Å². The van der Waals surface area contributed by atoms with Gasteiger partial charge in [0.2, 0.25) is 9.84 Å². The highest BCUT2D eigenvalue weighted by Gasteiger charge is 2.18. The van der Waals surface area contributed by atoms with E-state index in [1.54, 1.807) is 0 Å². The molecule has 8 heteroatoms. The monoisotopic (exact) mass is 293 g/mol. The second-order valence-corrected chi connectivity index (χ2v) is 5.87. The number of nitrogens with one attached hydrogen (secondary N) is 1. The van der Waals surface area contributed by atoms with Crippen molar-refractivity contribution in [2.24, 2.45) is 5.84 Å². The summed E-state index contributed by atoms with van der Waals surface area (Å²) in [6.07, 6.45) is 0. The number of non-ortho nitro benzene ring substituents is 1. The fraction of sp³-hybridized carbons (Fsp3) is 0. The lowest BCUT2D eigenvalue weighted by atomic mass is 10.3. The van der Waals surface area contributed by atoms with Crippen LogP contribution in [0.1, 0.15) is 0 Å². The van der Waals surface area contributed by atoms with Gasteiger partial charge in [0.25, 0.3) is 5.69 Å². The zero-order valence-electron chi connectivity index (χ0n) is 10.2. The molecule has 0 radical (unpaired) electrons. The number of rotatable bonds is 4. The first-order chi connectivity index (χ1) is 9.45. The van der Waals surface area contributed by atoms with Gasteiger partial charge in [0.15, 0.2) is 0 Å². The minimum atomic E-state index is -3.70. The molecule has 2 rings (SSSR count). The Hall–Kier alpha value is -2.45. The van der Waals surface area contributed by atoms with Crippen LogP contribution >= 0.6 is 0 Å². The predicted octanol–water partition coefficient (Wildman–Crippen LogP) is 1.71. The number of sulfone groups is 1. The highest BCUT2D eigenvalue weighted by atomic mass is 32.2. The highest BCUT2D eigenvalue weighted by Crippen LogP contribution is 2.23. The fourth-order valence-electron chi connectivity index (χ4n) is 1.61. The van der Waals surface area contributed by atoms with Crippen molar-refractivity contribution in [3.05, 3.63) is 58.6 Å². The summed E-state index contributed by atoms with van der Waals surface area (Å²) in [5.41, 5.74) is 2.81. The molecular weight excluding hydrogens is 282 g/mol. The maximum absolute atomic E-state index is 12.3. The van der Waals surface area contributed by atoms with Crippen LogP contribution in [0.3, 0.4) is 0 Å². The first-order valence-electron chi connectivity index (χ1n) is 5.51. The van der Waals surface area contributed by atoms with Crippen molar-refractivity contribution in [1.29, 1.82) is 0 Å². The topological polar surface area (TPSA) is 115 Å². The van der Waals surface area contributed by atoms with Gasteiger partial charge in [0.05, 0.1) is 14.7 Å². The zero-order valence-corrected chi connectivity index (χ0v) is 11.0. The largest absolute Gasteiger partial charge is 0.324 e. The molecule has 2 aromatic rings. The summed E-state index contributed by atoms with van der Waals surface area (Å²) < 4.78 is 24.6. The average molecular weight is 293 g/mol. The van der Waals surface area contributed by atoms with Crippen LogP contribution in [0.15, 0.2) is 58.3 Å². The van der Waals surface area contributed by atoms with E-state index in [2.05, 4.69) is 5.43 Å². The highest BCUT2D eigenvalue weighted by molar-refractivity contribution is 7.91. The Kier molecular flexibility index (Phi) is 3.68. The quantitative estimate of drug-likeness (QED) is 0.503.